The summed E-state index contributed by atoms with van der Waals surface area (Å²) in [5.41, 5.74) is 0.170. The first kappa shape index (κ1) is 14.2. The van der Waals surface area contributed by atoms with Crippen LogP contribution < -0.4 is 5.32 Å². The van der Waals surface area contributed by atoms with Crippen LogP contribution in [0.1, 0.15) is 30.9 Å². The zero-order chi connectivity index (χ0) is 14.1. The Labute approximate surface area is 123 Å². The molecule has 2 aliphatic rings. The van der Waals surface area contributed by atoms with Crippen molar-refractivity contribution < 1.29 is 8.78 Å². The number of hydrogen-bond donors (Lipinski definition) is 1. The van der Waals surface area contributed by atoms with Crippen molar-refractivity contribution in [2.75, 3.05) is 26.2 Å². The van der Waals surface area contributed by atoms with Gasteiger partial charge in [-0.3, -0.25) is 4.90 Å². The molecule has 1 aliphatic heterocycles. The summed E-state index contributed by atoms with van der Waals surface area (Å²) in [6.07, 6.45) is 3.23. The average molecular weight is 301 g/mol. The molecule has 2 nitrogen and oxygen atoms in total. The van der Waals surface area contributed by atoms with E-state index in [-0.39, 0.29) is 16.6 Å². The van der Waals surface area contributed by atoms with Crippen LogP contribution >= 0.6 is 11.6 Å². The maximum absolute atomic E-state index is 14.4. The first-order valence-corrected chi connectivity index (χ1v) is 7.64. The Hall–Kier alpha value is -0.710. The molecule has 1 aromatic rings. The van der Waals surface area contributed by atoms with E-state index in [1.54, 1.807) is 0 Å². The number of rotatable bonds is 3. The third kappa shape index (κ3) is 2.57. The third-order valence-electron chi connectivity index (χ3n) is 4.52. The summed E-state index contributed by atoms with van der Waals surface area (Å²) in [5, 5.41) is 3.30. The Morgan fingerprint density at radius 2 is 1.90 bits per heavy atom. The second-order valence-corrected chi connectivity index (χ2v) is 6.09. The van der Waals surface area contributed by atoms with Gasteiger partial charge in [-0.1, -0.05) is 18.0 Å². The zero-order valence-corrected chi connectivity index (χ0v) is 12.1. The monoisotopic (exact) mass is 300 g/mol. The fraction of sp³-hybridized carbons (Fsp3) is 0.600. The molecule has 1 aliphatic carbocycles. The van der Waals surface area contributed by atoms with Crippen LogP contribution in [0.5, 0.6) is 0 Å². The SMILES string of the molecule is Fc1ccc(Cl)c(F)c1[C@@H](C1CCC1)N1CCNCC1. The van der Waals surface area contributed by atoms with Gasteiger partial charge in [-0.05, 0) is 30.9 Å². The first-order valence-electron chi connectivity index (χ1n) is 7.26. The highest BCUT2D eigenvalue weighted by Gasteiger charge is 2.37. The number of piperazine rings is 1. The minimum absolute atomic E-state index is 0.0147. The van der Waals surface area contributed by atoms with Crippen molar-refractivity contribution in [2.45, 2.75) is 25.3 Å². The molecule has 1 saturated carbocycles. The van der Waals surface area contributed by atoms with E-state index < -0.39 is 11.6 Å². The quantitative estimate of drug-likeness (QED) is 0.861. The van der Waals surface area contributed by atoms with Crippen molar-refractivity contribution in [3.05, 3.63) is 34.4 Å². The van der Waals surface area contributed by atoms with Crippen molar-refractivity contribution in [3.8, 4) is 0 Å². The maximum atomic E-state index is 14.4. The Bertz CT molecular complexity index is 485. The molecule has 110 valence electrons. The van der Waals surface area contributed by atoms with Crippen LogP contribution in [0.3, 0.4) is 0 Å². The standard InChI is InChI=1S/C15H19ClF2N2/c16-11-4-5-12(17)13(14(11)18)15(10-2-1-3-10)20-8-6-19-7-9-20/h4-5,10,15,19H,1-3,6-9H2/t15-/m1/s1. The van der Waals surface area contributed by atoms with Gasteiger partial charge in [-0.2, -0.15) is 0 Å². The van der Waals surface area contributed by atoms with E-state index in [0.29, 0.717) is 5.92 Å². The highest BCUT2D eigenvalue weighted by Crippen LogP contribution is 2.43. The van der Waals surface area contributed by atoms with Gasteiger partial charge in [0.05, 0.1) is 5.02 Å². The largest absolute Gasteiger partial charge is 0.314 e. The minimum Gasteiger partial charge on any atom is -0.314 e. The lowest BCUT2D eigenvalue weighted by atomic mass is 9.76. The number of benzene rings is 1. The van der Waals surface area contributed by atoms with Crippen LogP contribution in [-0.2, 0) is 0 Å². The predicted molar refractivity (Wildman–Crippen MR) is 75.9 cm³/mol. The molecule has 0 amide bonds. The molecular formula is C15H19ClF2N2. The Morgan fingerprint density at radius 3 is 2.50 bits per heavy atom. The molecular weight excluding hydrogens is 282 g/mol. The average Bonchev–Trinajstić information content (AvgIpc) is 2.41. The highest BCUT2D eigenvalue weighted by molar-refractivity contribution is 6.30. The lowest BCUT2D eigenvalue weighted by Gasteiger charge is -2.43. The Morgan fingerprint density at radius 1 is 1.20 bits per heavy atom. The molecule has 1 N–H and O–H groups in total. The van der Waals surface area contributed by atoms with Gasteiger partial charge in [0.15, 0.2) is 0 Å². The van der Waals surface area contributed by atoms with Crippen molar-refractivity contribution in [1.82, 2.24) is 10.2 Å². The van der Waals surface area contributed by atoms with E-state index >= 15 is 0 Å². The van der Waals surface area contributed by atoms with Crippen LogP contribution in [0.15, 0.2) is 12.1 Å². The zero-order valence-electron chi connectivity index (χ0n) is 11.3. The van der Waals surface area contributed by atoms with Crippen molar-refractivity contribution in [3.63, 3.8) is 0 Å². The van der Waals surface area contributed by atoms with E-state index in [1.165, 1.54) is 12.1 Å². The van der Waals surface area contributed by atoms with E-state index in [4.69, 9.17) is 11.6 Å². The van der Waals surface area contributed by atoms with Crippen molar-refractivity contribution >= 4 is 11.6 Å². The lowest BCUT2D eigenvalue weighted by Crippen LogP contribution is -2.48. The second kappa shape index (κ2) is 5.96. The first-order chi connectivity index (χ1) is 9.68. The smallest absolute Gasteiger partial charge is 0.149 e. The van der Waals surface area contributed by atoms with Gasteiger partial charge in [-0.25, -0.2) is 8.78 Å². The summed E-state index contributed by atoms with van der Waals surface area (Å²) < 4.78 is 28.6. The Balaban J connectivity index is 1.98. The molecule has 1 heterocycles. The molecule has 3 rings (SSSR count). The molecule has 2 fully saturated rings. The van der Waals surface area contributed by atoms with Gasteiger partial charge < -0.3 is 5.32 Å². The number of nitrogens with one attached hydrogen (secondary N) is 1. The van der Waals surface area contributed by atoms with Crippen molar-refractivity contribution in [2.24, 2.45) is 5.92 Å². The molecule has 0 bridgehead atoms. The minimum atomic E-state index is -0.581. The molecule has 0 radical (unpaired) electrons. The molecule has 0 aromatic heterocycles. The molecule has 1 aromatic carbocycles. The van der Waals surface area contributed by atoms with Crippen LogP contribution in [0, 0.1) is 17.6 Å². The third-order valence-corrected chi connectivity index (χ3v) is 4.81. The number of halogens is 3. The topological polar surface area (TPSA) is 15.3 Å². The van der Waals surface area contributed by atoms with Gasteiger partial charge in [0, 0.05) is 37.8 Å². The van der Waals surface area contributed by atoms with Crippen LogP contribution in [0.2, 0.25) is 5.02 Å². The predicted octanol–water partition coefficient (Wildman–Crippen LogP) is 3.36. The molecule has 5 heteroatoms. The summed E-state index contributed by atoms with van der Waals surface area (Å²) in [6, 6.07) is 2.41. The summed E-state index contributed by atoms with van der Waals surface area (Å²) in [4.78, 5) is 2.21. The summed E-state index contributed by atoms with van der Waals surface area (Å²) >= 11 is 5.86. The van der Waals surface area contributed by atoms with Crippen LogP contribution in [0.4, 0.5) is 8.78 Å². The van der Waals surface area contributed by atoms with E-state index in [9.17, 15) is 8.78 Å². The number of hydrogen-bond acceptors (Lipinski definition) is 2. The van der Waals surface area contributed by atoms with Gasteiger partial charge in [0.2, 0.25) is 0 Å². The second-order valence-electron chi connectivity index (χ2n) is 5.68. The van der Waals surface area contributed by atoms with Gasteiger partial charge >= 0.3 is 0 Å². The summed E-state index contributed by atoms with van der Waals surface area (Å²) in [7, 11) is 0. The van der Waals surface area contributed by atoms with Crippen LogP contribution in [-0.4, -0.2) is 31.1 Å². The highest BCUT2D eigenvalue weighted by atomic mass is 35.5. The molecule has 1 saturated heterocycles. The lowest BCUT2D eigenvalue weighted by molar-refractivity contribution is 0.0785. The molecule has 0 unspecified atom stereocenters. The number of nitrogens with zero attached hydrogens (tertiary/aromatic N) is 1. The fourth-order valence-electron chi connectivity index (χ4n) is 3.25. The van der Waals surface area contributed by atoms with Gasteiger partial charge in [-0.15, -0.1) is 0 Å². The van der Waals surface area contributed by atoms with Gasteiger partial charge in [0.1, 0.15) is 11.6 Å². The van der Waals surface area contributed by atoms with E-state index in [2.05, 4.69) is 10.2 Å². The van der Waals surface area contributed by atoms with Crippen LogP contribution in [0.25, 0.3) is 0 Å². The normalized spacial score (nSPS) is 22.6. The molecule has 20 heavy (non-hydrogen) atoms. The fourth-order valence-corrected chi connectivity index (χ4v) is 3.41. The van der Waals surface area contributed by atoms with Crippen molar-refractivity contribution in [1.29, 1.82) is 0 Å². The molecule has 0 spiro atoms. The van der Waals surface area contributed by atoms with E-state index in [1.807, 2.05) is 0 Å². The molecule has 1 atom stereocenters. The van der Waals surface area contributed by atoms with Gasteiger partial charge in [0.25, 0.3) is 0 Å². The summed E-state index contributed by atoms with van der Waals surface area (Å²) in [6.45, 7) is 3.39. The summed E-state index contributed by atoms with van der Waals surface area (Å²) in [5.74, 6) is -0.708. The Kier molecular flexibility index (Phi) is 4.24. The van der Waals surface area contributed by atoms with E-state index in [0.717, 1.165) is 45.4 Å². The maximum Gasteiger partial charge on any atom is 0.149 e.